The van der Waals surface area contributed by atoms with E-state index in [1.165, 1.54) is 18.4 Å². The Morgan fingerprint density at radius 3 is 2.35 bits per heavy atom. The third kappa shape index (κ3) is 3.20. The molecule has 0 saturated heterocycles. The van der Waals surface area contributed by atoms with Gasteiger partial charge in [0.2, 0.25) is 0 Å². The summed E-state index contributed by atoms with van der Waals surface area (Å²) in [7, 11) is 0. The standard InChI is InChI=1S/C18H28ClN/c1-13(2)20-12-18(10-14(11-18)17(3,4)5)15-8-6-7-9-16(15)19/h6-9,13-14,20H,10-12H2,1-5H3. The van der Waals surface area contributed by atoms with Crippen molar-refractivity contribution < 1.29 is 0 Å². The second kappa shape index (κ2) is 5.69. The molecule has 0 amide bonds. The molecule has 0 spiro atoms. The Balaban J connectivity index is 2.22. The van der Waals surface area contributed by atoms with Crippen molar-refractivity contribution in [2.75, 3.05) is 6.54 Å². The normalized spacial score (nSPS) is 26.6. The zero-order valence-electron chi connectivity index (χ0n) is 13.5. The Morgan fingerprint density at radius 1 is 1.25 bits per heavy atom. The summed E-state index contributed by atoms with van der Waals surface area (Å²) in [6.07, 6.45) is 2.47. The average Bonchev–Trinajstić information content (AvgIpc) is 2.27. The number of nitrogens with one attached hydrogen (secondary N) is 1. The fourth-order valence-corrected chi connectivity index (χ4v) is 3.58. The van der Waals surface area contributed by atoms with Crippen LogP contribution in [0.25, 0.3) is 0 Å². The molecule has 1 aliphatic carbocycles. The van der Waals surface area contributed by atoms with E-state index in [0.29, 0.717) is 11.5 Å². The first-order chi connectivity index (χ1) is 9.24. The van der Waals surface area contributed by atoms with Crippen molar-refractivity contribution in [2.45, 2.75) is 58.9 Å². The fraction of sp³-hybridized carbons (Fsp3) is 0.667. The molecule has 1 aromatic rings. The van der Waals surface area contributed by atoms with E-state index in [4.69, 9.17) is 11.6 Å². The Kier molecular flexibility index (Phi) is 4.51. The molecule has 2 rings (SSSR count). The summed E-state index contributed by atoms with van der Waals surface area (Å²) < 4.78 is 0. The van der Waals surface area contributed by atoms with E-state index >= 15 is 0 Å². The predicted molar refractivity (Wildman–Crippen MR) is 88.4 cm³/mol. The van der Waals surface area contributed by atoms with Crippen LogP contribution in [0.1, 0.15) is 53.0 Å². The van der Waals surface area contributed by atoms with Crippen LogP contribution in [0.3, 0.4) is 0 Å². The average molecular weight is 294 g/mol. The summed E-state index contributed by atoms with van der Waals surface area (Å²) in [6, 6.07) is 8.89. The monoisotopic (exact) mass is 293 g/mol. The minimum Gasteiger partial charge on any atom is -0.314 e. The third-order valence-corrected chi connectivity index (χ3v) is 5.12. The Hall–Kier alpha value is -0.530. The lowest BCUT2D eigenvalue weighted by Gasteiger charge is -2.54. The van der Waals surface area contributed by atoms with E-state index < -0.39 is 0 Å². The van der Waals surface area contributed by atoms with Gasteiger partial charge in [-0.1, -0.05) is 64.4 Å². The molecule has 0 aliphatic heterocycles. The van der Waals surface area contributed by atoms with Gasteiger partial charge in [0.1, 0.15) is 0 Å². The smallest absolute Gasteiger partial charge is 0.0444 e. The third-order valence-electron chi connectivity index (χ3n) is 4.79. The van der Waals surface area contributed by atoms with Crippen LogP contribution in [0, 0.1) is 11.3 Å². The van der Waals surface area contributed by atoms with Gasteiger partial charge in [-0.3, -0.25) is 0 Å². The van der Waals surface area contributed by atoms with Gasteiger partial charge in [-0.2, -0.15) is 0 Å². The minimum absolute atomic E-state index is 0.223. The van der Waals surface area contributed by atoms with Gasteiger partial charge in [0.25, 0.3) is 0 Å². The van der Waals surface area contributed by atoms with Crippen molar-refractivity contribution in [3.63, 3.8) is 0 Å². The molecule has 1 saturated carbocycles. The fourth-order valence-electron chi connectivity index (χ4n) is 3.25. The molecule has 0 heterocycles. The van der Waals surface area contributed by atoms with Gasteiger partial charge in [-0.25, -0.2) is 0 Å². The van der Waals surface area contributed by atoms with E-state index in [1.807, 2.05) is 12.1 Å². The second-order valence-electron chi connectivity index (χ2n) is 7.77. The highest BCUT2D eigenvalue weighted by atomic mass is 35.5. The lowest BCUT2D eigenvalue weighted by molar-refractivity contribution is 0.0438. The van der Waals surface area contributed by atoms with Crippen LogP contribution in [0.2, 0.25) is 5.02 Å². The Morgan fingerprint density at radius 2 is 1.85 bits per heavy atom. The summed E-state index contributed by atoms with van der Waals surface area (Å²) in [5.74, 6) is 0.785. The molecule has 0 atom stereocenters. The molecular formula is C18H28ClN. The van der Waals surface area contributed by atoms with Gasteiger partial charge in [0.05, 0.1) is 0 Å². The second-order valence-corrected chi connectivity index (χ2v) is 8.17. The van der Waals surface area contributed by atoms with Crippen molar-refractivity contribution in [3.8, 4) is 0 Å². The van der Waals surface area contributed by atoms with E-state index in [-0.39, 0.29) is 5.41 Å². The van der Waals surface area contributed by atoms with Crippen LogP contribution < -0.4 is 5.32 Å². The predicted octanol–water partition coefficient (Wildman–Crippen LogP) is 5.03. The van der Waals surface area contributed by atoms with Gasteiger partial charge >= 0.3 is 0 Å². The molecule has 0 radical (unpaired) electrons. The van der Waals surface area contributed by atoms with E-state index in [0.717, 1.165) is 17.5 Å². The quantitative estimate of drug-likeness (QED) is 0.821. The summed E-state index contributed by atoms with van der Waals surface area (Å²) in [5.41, 5.74) is 1.94. The maximum atomic E-state index is 6.47. The molecule has 20 heavy (non-hydrogen) atoms. The lowest BCUT2D eigenvalue weighted by Crippen LogP contribution is -2.53. The van der Waals surface area contributed by atoms with Gasteiger partial charge < -0.3 is 5.32 Å². The minimum atomic E-state index is 0.223. The van der Waals surface area contributed by atoms with Crippen LogP contribution >= 0.6 is 11.6 Å². The maximum Gasteiger partial charge on any atom is 0.0444 e. The topological polar surface area (TPSA) is 12.0 Å². The molecular weight excluding hydrogens is 266 g/mol. The summed E-state index contributed by atoms with van der Waals surface area (Å²) in [6.45, 7) is 12.5. The molecule has 1 nitrogen and oxygen atoms in total. The van der Waals surface area contributed by atoms with Crippen molar-refractivity contribution in [2.24, 2.45) is 11.3 Å². The van der Waals surface area contributed by atoms with Gasteiger partial charge in [-0.05, 0) is 35.8 Å². The number of hydrogen-bond acceptors (Lipinski definition) is 1. The van der Waals surface area contributed by atoms with Gasteiger partial charge in [0.15, 0.2) is 0 Å². The molecule has 1 N–H and O–H groups in total. The molecule has 0 unspecified atom stereocenters. The number of benzene rings is 1. The zero-order valence-corrected chi connectivity index (χ0v) is 14.2. The highest BCUT2D eigenvalue weighted by molar-refractivity contribution is 6.31. The molecule has 0 aromatic heterocycles. The molecule has 0 bridgehead atoms. The van der Waals surface area contributed by atoms with E-state index in [2.05, 4.69) is 52.1 Å². The van der Waals surface area contributed by atoms with Gasteiger partial charge in [0, 0.05) is 23.0 Å². The summed E-state index contributed by atoms with van der Waals surface area (Å²) in [5, 5.41) is 4.55. The summed E-state index contributed by atoms with van der Waals surface area (Å²) in [4.78, 5) is 0. The largest absolute Gasteiger partial charge is 0.314 e. The number of rotatable bonds is 4. The molecule has 1 aromatic carbocycles. The Bertz CT molecular complexity index is 453. The highest BCUT2D eigenvalue weighted by Gasteiger charge is 2.49. The molecule has 1 fully saturated rings. The van der Waals surface area contributed by atoms with Crippen molar-refractivity contribution >= 4 is 11.6 Å². The summed E-state index contributed by atoms with van der Waals surface area (Å²) >= 11 is 6.47. The van der Waals surface area contributed by atoms with Crippen LogP contribution in [0.5, 0.6) is 0 Å². The van der Waals surface area contributed by atoms with Crippen molar-refractivity contribution in [1.29, 1.82) is 0 Å². The van der Waals surface area contributed by atoms with E-state index in [9.17, 15) is 0 Å². The first kappa shape index (κ1) is 15.9. The van der Waals surface area contributed by atoms with Crippen LogP contribution in [0.15, 0.2) is 24.3 Å². The first-order valence-corrected chi connectivity index (χ1v) is 8.11. The first-order valence-electron chi connectivity index (χ1n) is 7.73. The SMILES string of the molecule is CC(C)NCC1(c2ccccc2Cl)CC(C(C)(C)C)C1. The number of halogens is 1. The molecule has 1 aliphatic rings. The molecule has 112 valence electrons. The highest BCUT2D eigenvalue weighted by Crippen LogP contribution is 2.55. The van der Waals surface area contributed by atoms with Crippen molar-refractivity contribution in [1.82, 2.24) is 5.32 Å². The number of hydrogen-bond donors (Lipinski definition) is 1. The maximum absolute atomic E-state index is 6.47. The molecule has 2 heteroatoms. The van der Waals surface area contributed by atoms with Crippen LogP contribution in [-0.4, -0.2) is 12.6 Å². The van der Waals surface area contributed by atoms with Crippen LogP contribution in [-0.2, 0) is 5.41 Å². The zero-order chi connectivity index (χ0) is 15.0. The Labute approximate surface area is 129 Å². The van der Waals surface area contributed by atoms with Crippen molar-refractivity contribution in [3.05, 3.63) is 34.9 Å². The van der Waals surface area contributed by atoms with Gasteiger partial charge in [-0.15, -0.1) is 0 Å². The van der Waals surface area contributed by atoms with Crippen LogP contribution in [0.4, 0.5) is 0 Å². The van der Waals surface area contributed by atoms with E-state index in [1.54, 1.807) is 0 Å². The lowest BCUT2D eigenvalue weighted by atomic mass is 9.52.